The highest BCUT2D eigenvalue weighted by Crippen LogP contribution is 2.16. The molecule has 0 aromatic carbocycles. The number of H-pyrrole nitrogens is 1. The van der Waals surface area contributed by atoms with E-state index in [4.69, 9.17) is 5.73 Å². The van der Waals surface area contributed by atoms with E-state index in [1.54, 1.807) is 17.3 Å². The first-order chi connectivity index (χ1) is 10.1. The molecule has 0 unspecified atom stereocenters. The molecular formula is C12H14BrN7O. The molecule has 3 rings (SSSR count). The number of aromatic nitrogens is 4. The minimum absolute atomic E-state index is 0.124. The summed E-state index contributed by atoms with van der Waals surface area (Å²) in [6.07, 6.45) is 4.87. The van der Waals surface area contributed by atoms with Crippen LogP contribution in [0.4, 0.5) is 11.6 Å². The maximum atomic E-state index is 12.3. The molecule has 1 saturated heterocycles. The molecule has 110 valence electrons. The lowest BCUT2D eigenvalue weighted by molar-refractivity contribution is 0.0741. The van der Waals surface area contributed by atoms with Crippen molar-refractivity contribution in [2.45, 2.75) is 0 Å². The number of piperazine rings is 1. The molecule has 1 fully saturated rings. The molecule has 1 amide bonds. The Labute approximate surface area is 129 Å². The van der Waals surface area contributed by atoms with E-state index in [1.807, 2.05) is 4.90 Å². The molecule has 0 aliphatic carbocycles. The maximum absolute atomic E-state index is 12.3. The molecule has 3 N–H and O–H groups in total. The summed E-state index contributed by atoms with van der Waals surface area (Å²) in [6, 6.07) is 0. The van der Waals surface area contributed by atoms with Crippen molar-refractivity contribution >= 4 is 33.5 Å². The second kappa shape index (κ2) is 5.68. The number of rotatable bonds is 2. The molecule has 9 heteroatoms. The van der Waals surface area contributed by atoms with E-state index in [-0.39, 0.29) is 5.91 Å². The van der Waals surface area contributed by atoms with Gasteiger partial charge in [0, 0.05) is 38.6 Å². The highest BCUT2D eigenvalue weighted by molar-refractivity contribution is 9.10. The van der Waals surface area contributed by atoms with Crippen molar-refractivity contribution in [1.82, 2.24) is 25.1 Å². The zero-order valence-electron chi connectivity index (χ0n) is 11.2. The van der Waals surface area contributed by atoms with Gasteiger partial charge in [0.15, 0.2) is 0 Å². The lowest BCUT2D eigenvalue weighted by Crippen LogP contribution is -2.49. The van der Waals surface area contributed by atoms with Gasteiger partial charge < -0.3 is 15.5 Å². The van der Waals surface area contributed by atoms with Gasteiger partial charge in [-0.05, 0) is 15.9 Å². The highest BCUT2D eigenvalue weighted by atomic mass is 79.9. The van der Waals surface area contributed by atoms with Gasteiger partial charge in [0.1, 0.15) is 5.69 Å². The first-order valence-corrected chi connectivity index (χ1v) is 7.25. The van der Waals surface area contributed by atoms with Crippen molar-refractivity contribution in [1.29, 1.82) is 0 Å². The van der Waals surface area contributed by atoms with E-state index >= 15 is 0 Å². The van der Waals surface area contributed by atoms with E-state index in [2.05, 4.69) is 36.1 Å². The quantitative estimate of drug-likeness (QED) is 0.816. The van der Waals surface area contributed by atoms with Crippen molar-refractivity contribution in [3.05, 3.63) is 28.8 Å². The van der Waals surface area contributed by atoms with Gasteiger partial charge in [-0.15, -0.1) is 0 Å². The number of hydrogen-bond donors (Lipinski definition) is 2. The second-order valence-corrected chi connectivity index (χ2v) is 5.60. The third-order valence-electron chi connectivity index (χ3n) is 3.34. The highest BCUT2D eigenvalue weighted by Gasteiger charge is 2.25. The zero-order valence-corrected chi connectivity index (χ0v) is 12.7. The molecule has 1 aliphatic rings. The number of halogens is 1. The molecule has 8 nitrogen and oxygen atoms in total. The Morgan fingerprint density at radius 1 is 1.19 bits per heavy atom. The molecule has 2 aromatic rings. The van der Waals surface area contributed by atoms with E-state index in [1.165, 1.54) is 6.20 Å². The Hall–Kier alpha value is -2.16. The summed E-state index contributed by atoms with van der Waals surface area (Å²) in [4.78, 5) is 24.6. The van der Waals surface area contributed by atoms with Crippen molar-refractivity contribution in [2.75, 3.05) is 36.8 Å². The number of aromatic amines is 1. The lowest BCUT2D eigenvalue weighted by Gasteiger charge is -2.34. The van der Waals surface area contributed by atoms with Crippen LogP contribution in [-0.4, -0.2) is 57.2 Å². The summed E-state index contributed by atoms with van der Waals surface area (Å²) >= 11 is 3.31. The van der Waals surface area contributed by atoms with E-state index < -0.39 is 0 Å². The van der Waals surface area contributed by atoms with Crippen LogP contribution < -0.4 is 10.6 Å². The summed E-state index contributed by atoms with van der Waals surface area (Å²) in [5.74, 6) is 0.549. The normalized spacial score (nSPS) is 15.3. The average molecular weight is 352 g/mol. The van der Waals surface area contributed by atoms with Crippen LogP contribution in [0.3, 0.4) is 0 Å². The van der Waals surface area contributed by atoms with Gasteiger partial charge in [0.2, 0.25) is 5.95 Å². The van der Waals surface area contributed by atoms with Gasteiger partial charge >= 0.3 is 0 Å². The molecular weight excluding hydrogens is 338 g/mol. The minimum Gasteiger partial charge on any atom is -0.396 e. The van der Waals surface area contributed by atoms with Crippen LogP contribution in [0, 0.1) is 0 Å². The fourth-order valence-electron chi connectivity index (χ4n) is 2.20. The number of nitrogens with zero attached hydrogens (tertiary/aromatic N) is 5. The Balaban J connectivity index is 1.64. The molecule has 1 aliphatic heterocycles. The van der Waals surface area contributed by atoms with Crippen molar-refractivity contribution in [3.63, 3.8) is 0 Å². The van der Waals surface area contributed by atoms with Gasteiger partial charge in [0.25, 0.3) is 5.91 Å². The predicted molar refractivity (Wildman–Crippen MR) is 80.8 cm³/mol. The molecule has 0 radical (unpaired) electrons. The first-order valence-electron chi connectivity index (χ1n) is 6.46. The molecule has 0 atom stereocenters. The molecule has 0 bridgehead atoms. The summed E-state index contributed by atoms with van der Waals surface area (Å²) in [5.41, 5.74) is 6.43. The third-order valence-corrected chi connectivity index (χ3v) is 3.75. The van der Waals surface area contributed by atoms with Gasteiger partial charge in [-0.25, -0.2) is 9.97 Å². The van der Waals surface area contributed by atoms with Gasteiger partial charge in [-0.2, -0.15) is 5.10 Å². The minimum atomic E-state index is -0.124. The molecule has 2 aromatic heterocycles. The van der Waals surface area contributed by atoms with Crippen LogP contribution in [0.15, 0.2) is 23.1 Å². The van der Waals surface area contributed by atoms with Gasteiger partial charge in [0.05, 0.1) is 16.4 Å². The van der Waals surface area contributed by atoms with Crippen LogP contribution in [0.1, 0.15) is 10.5 Å². The van der Waals surface area contributed by atoms with Crippen LogP contribution >= 0.6 is 15.9 Å². The maximum Gasteiger partial charge on any atom is 0.274 e. The standard InChI is InChI=1S/C12H14BrN7O/c13-8-5-15-12(16-6-8)20-3-1-19(2-4-20)11(21)10-9(14)7-17-18-10/h5-7H,1-4,14H2,(H,17,18). The largest absolute Gasteiger partial charge is 0.396 e. The van der Waals surface area contributed by atoms with Crippen LogP contribution in [0.5, 0.6) is 0 Å². The summed E-state index contributed by atoms with van der Waals surface area (Å²) in [6.45, 7) is 2.55. The number of anilines is 2. The van der Waals surface area contributed by atoms with Crippen LogP contribution in [-0.2, 0) is 0 Å². The van der Waals surface area contributed by atoms with Crippen LogP contribution in [0.2, 0.25) is 0 Å². The van der Waals surface area contributed by atoms with Crippen LogP contribution in [0.25, 0.3) is 0 Å². The summed E-state index contributed by atoms with van der Waals surface area (Å²) in [5, 5.41) is 6.42. The Morgan fingerprint density at radius 2 is 1.86 bits per heavy atom. The van der Waals surface area contributed by atoms with Crippen molar-refractivity contribution < 1.29 is 4.79 Å². The topological polar surface area (TPSA) is 104 Å². The SMILES string of the molecule is Nc1cn[nH]c1C(=O)N1CCN(c2ncc(Br)cn2)CC1. The number of nitrogen functional groups attached to an aromatic ring is 1. The average Bonchev–Trinajstić information content (AvgIpc) is 2.94. The molecule has 21 heavy (non-hydrogen) atoms. The summed E-state index contributed by atoms with van der Waals surface area (Å²) < 4.78 is 0.842. The predicted octanol–water partition coefficient (Wildman–Crippen LogP) is 0.507. The lowest BCUT2D eigenvalue weighted by atomic mass is 10.2. The van der Waals surface area contributed by atoms with Gasteiger partial charge in [-0.3, -0.25) is 9.89 Å². The fraction of sp³-hybridized carbons (Fsp3) is 0.333. The van der Waals surface area contributed by atoms with Crippen molar-refractivity contribution in [3.8, 4) is 0 Å². The van der Waals surface area contributed by atoms with E-state index in [0.717, 1.165) is 4.47 Å². The first kappa shape index (κ1) is 13.8. The smallest absolute Gasteiger partial charge is 0.274 e. The van der Waals surface area contributed by atoms with E-state index in [0.29, 0.717) is 43.5 Å². The number of carbonyl (C=O) groups is 1. The number of carbonyl (C=O) groups excluding carboxylic acids is 1. The zero-order chi connectivity index (χ0) is 14.8. The molecule has 0 spiro atoms. The Kier molecular flexibility index (Phi) is 3.74. The monoisotopic (exact) mass is 351 g/mol. The number of amides is 1. The third kappa shape index (κ3) is 2.82. The van der Waals surface area contributed by atoms with E-state index in [9.17, 15) is 4.79 Å². The number of nitrogens with two attached hydrogens (primary N) is 1. The van der Waals surface area contributed by atoms with Crippen molar-refractivity contribution in [2.24, 2.45) is 0 Å². The molecule has 0 saturated carbocycles. The van der Waals surface area contributed by atoms with Gasteiger partial charge in [-0.1, -0.05) is 0 Å². The fourth-order valence-corrected chi connectivity index (χ4v) is 2.41. The Morgan fingerprint density at radius 3 is 2.43 bits per heavy atom. The summed E-state index contributed by atoms with van der Waals surface area (Å²) in [7, 11) is 0. The number of hydrogen-bond acceptors (Lipinski definition) is 6. The number of nitrogens with one attached hydrogen (secondary N) is 1. The molecule has 3 heterocycles. The Bertz CT molecular complexity index is 633. The second-order valence-electron chi connectivity index (χ2n) is 4.68.